The van der Waals surface area contributed by atoms with Crippen LogP contribution in [0, 0.1) is 11.3 Å². The Hall–Kier alpha value is -1.95. The summed E-state index contributed by atoms with van der Waals surface area (Å²) in [6.07, 6.45) is 7.54. The second-order valence-electron chi connectivity index (χ2n) is 9.03. The largest absolute Gasteiger partial charge is 0.497 e. The predicted molar refractivity (Wildman–Crippen MR) is 129 cm³/mol. The van der Waals surface area contributed by atoms with Gasteiger partial charge in [-0.1, -0.05) is 18.9 Å². The maximum absolute atomic E-state index is 5.66. The van der Waals surface area contributed by atoms with E-state index in [4.69, 9.17) is 14.5 Å². The molecule has 1 aliphatic heterocycles. The lowest BCUT2D eigenvalue weighted by Crippen LogP contribution is -2.41. The first-order valence-electron chi connectivity index (χ1n) is 12.2. The van der Waals surface area contributed by atoms with Crippen LogP contribution in [0.25, 0.3) is 0 Å². The molecule has 31 heavy (non-hydrogen) atoms. The Kier molecular flexibility index (Phi) is 9.31. The molecule has 1 atom stereocenters. The summed E-state index contributed by atoms with van der Waals surface area (Å²) in [7, 11) is 1.73. The van der Waals surface area contributed by atoms with Gasteiger partial charge in [-0.05, 0) is 63.0 Å². The molecular formula is C25H42N4O2. The van der Waals surface area contributed by atoms with Gasteiger partial charge in [0, 0.05) is 57.7 Å². The molecule has 0 radical (unpaired) electrons. The van der Waals surface area contributed by atoms with E-state index in [-0.39, 0.29) is 0 Å². The van der Waals surface area contributed by atoms with Gasteiger partial charge in [0.1, 0.15) is 5.75 Å². The smallest absolute Gasteiger partial charge is 0.191 e. The van der Waals surface area contributed by atoms with Crippen molar-refractivity contribution in [2.24, 2.45) is 16.3 Å². The van der Waals surface area contributed by atoms with Crippen LogP contribution in [0.2, 0.25) is 0 Å². The Balaban J connectivity index is 1.51. The Labute approximate surface area is 188 Å². The van der Waals surface area contributed by atoms with Gasteiger partial charge in [0.25, 0.3) is 0 Å². The summed E-state index contributed by atoms with van der Waals surface area (Å²) in [5.41, 5.74) is 1.58. The van der Waals surface area contributed by atoms with Gasteiger partial charge in [0.05, 0.1) is 7.11 Å². The molecule has 2 aliphatic rings. The number of hydrogen-bond acceptors (Lipinski definition) is 4. The molecule has 6 heteroatoms. The molecule has 0 spiro atoms. The molecule has 2 fully saturated rings. The van der Waals surface area contributed by atoms with E-state index in [0.717, 1.165) is 64.1 Å². The summed E-state index contributed by atoms with van der Waals surface area (Å²) in [5.74, 6) is 2.50. The van der Waals surface area contributed by atoms with E-state index < -0.39 is 0 Å². The van der Waals surface area contributed by atoms with Gasteiger partial charge >= 0.3 is 0 Å². The molecule has 1 unspecified atom stereocenters. The zero-order valence-electron chi connectivity index (χ0n) is 19.8. The zero-order chi connectivity index (χ0) is 21.9. The molecule has 1 aromatic rings. The first-order valence-corrected chi connectivity index (χ1v) is 12.2. The van der Waals surface area contributed by atoms with Gasteiger partial charge in [0.15, 0.2) is 5.96 Å². The van der Waals surface area contributed by atoms with Crippen molar-refractivity contribution in [3.8, 4) is 5.75 Å². The monoisotopic (exact) mass is 430 g/mol. The van der Waals surface area contributed by atoms with Crippen LogP contribution in [-0.4, -0.2) is 59.0 Å². The minimum atomic E-state index is 0.327. The summed E-state index contributed by atoms with van der Waals surface area (Å²) in [6.45, 7) is 10.8. The van der Waals surface area contributed by atoms with E-state index >= 15 is 0 Å². The number of aliphatic imine (C=N–C) groups is 1. The van der Waals surface area contributed by atoms with Crippen molar-refractivity contribution in [2.75, 3.05) is 57.9 Å². The van der Waals surface area contributed by atoms with Gasteiger partial charge in [0.2, 0.25) is 0 Å². The lowest BCUT2D eigenvalue weighted by atomic mass is 9.83. The molecule has 0 aromatic heterocycles. The molecule has 1 aromatic carbocycles. The number of rotatable bonds is 11. The highest BCUT2D eigenvalue weighted by molar-refractivity contribution is 5.79. The molecule has 6 nitrogen and oxygen atoms in total. The number of ether oxygens (including phenoxy) is 2. The van der Waals surface area contributed by atoms with Crippen LogP contribution in [0.5, 0.6) is 5.75 Å². The van der Waals surface area contributed by atoms with Crippen LogP contribution < -0.4 is 20.3 Å². The van der Waals surface area contributed by atoms with Gasteiger partial charge in [-0.2, -0.15) is 0 Å². The molecule has 2 N–H and O–H groups in total. The van der Waals surface area contributed by atoms with Crippen molar-refractivity contribution in [1.29, 1.82) is 0 Å². The van der Waals surface area contributed by atoms with Crippen molar-refractivity contribution in [3.05, 3.63) is 24.3 Å². The third-order valence-electron chi connectivity index (χ3n) is 6.82. The van der Waals surface area contributed by atoms with E-state index in [2.05, 4.69) is 47.6 Å². The fourth-order valence-electron chi connectivity index (χ4n) is 4.92. The van der Waals surface area contributed by atoms with Crippen LogP contribution in [-0.2, 0) is 4.74 Å². The van der Waals surface area contributed by atoms with E-state index in [1.807, 2.05) is 6.07 Å². The normalized spacial score (nSPS) is 20.8. The molecule has 1 aliphatic carbocycles. The molecule has 3 rings (SSSR count). The number of guanidine groups is 1. The van der Waals surface area contributed by atoms with Crippen LogP contribution in [0.3, 0.4) is 0 Å². The molecular weight excluding hydrogens is 388 g/mol. The number of hydrogen-bond donors (Lipinski definition) is 2. The Morgan fingerprint density at radius 2 is 2.06 bits per heavy atom. The molecule has 1 saturated heterocycles. The average molecular weight is 431 g/mol. The van der Waals surface area contributed by atoms with Crippen molar-refractivity contribution < 1.29 is 9.47 Å². The molecule has 174 valence electrons. The van der Waals surface area contributed by atoms with Gasteiger partial charge in [-0.25, -0.2) is 0 Å². The number of nitrogens with one attached hydrogen (secondary N) is 2. The minimum Gasteiger partial charge on any atom is -0.497 e. The molecule has 0 bridgehead atoms. The number of anilines is 1. The first-order chi connectivity index (χ1) is 15.2. The van der Waals surface area contributed by atoms with Gasteiger partial charge in [-0.15, -0.1) is 0 Å². The standard InChI is InChI=1S/C25H42N4O2/c1-4-26-24(28-20-25(12-6-7-13-25)14-16-31-5-2)27-18-21-11-15-29(19-21)22-9-8-10-23(17-22)30-3/h8-10,17,21H,4-7,11-16,18-20H2,1-3H3,(H2,26,27,28). The third kappa shape index (κ3) is 7.03. The average Bonchev–Trinajstić information content (AvgIpc) is 3.46. The Bertz CT molecular complexity index is 688. The SMILES string of the molecule is CCNC(=NCC1(CCOCC)CCCC1)NCC1CCN(c2cccc(OC)c2)C1. The lowest BCUT2D eigenvalue weighted by Gasteiger charge is -2.27. The quantitative estimate of drug-likeness (QED) is 0.315. The zero-order valence-corrected chi connectivity index (χ0v) is 19.8. The minimum absolute atomic E-state index is 0.327. The lowest BCUT2D eigenvalue weighted by molar-refractivity contribution is 0.107. The highest BCUT2D eigenvalue weighted by Gasteiger charge is 2.33. The second kappa shape index (κ2) is 12.2. The highest BCUT2D eigenvalue weighted by Crippen LogP contribution is 2.41. The van der Waals surface area contributed by atoms with Crippen molar-refractivity contribution >= 4 is 11.6 Å². The molecule has 0 amide bonds. The van der Waals surface area contributed by atoms with E-state index in [9.17, 15) is 0 Å². The molecule has 1 saturated carbocycles. The van der Waals surface area contributed by atoms with E-state index in [1.165, 1.54) is 37.8 Å². The molecule has 1 heterocycles. The summed E-state index contributed by atoms with van der Waals surface area (Å²) >= 11 is 0. The maximum atomic E-state index is 5.66. The van der Waals surface area contributed by atoms with Crippen molar-refractivity contribution in [3.63, 3.8) is 0 Å². The summed E-state index contributed by atoms with van der Waals surface area (Å²) < 4.78 is 11.0. The van der Waals surface area contributed by atoms with Gasteiger partial charge in [-0.3, -0.25) is 4.99 Å². The number of methoxy groups -OCH3 is 1. The Morgan fingerprint density at radius 3 is 2.81 bits per heavy atom. The topological polar surface area (TPSA) is 58.1 Å². The predicted octanol–water partition coefficient (Wildman–Crippen LogP) is 4.06. The fourth-order valence-corrected chi connectivity index (χ4v) is 4.92. The highest BCUT2D eigenvalue weighted by atomic mass is 16.5. The van der Waals surface area contributed by atoms with Gasteiger partial charge < -0.3 is 25.0 Å². The van der Waals surface area contributed by atoms with Crippen molar-refractivity contribution in [2.45, 2.75) is 52.4 Å². The van der Waals surface area contributed by atoms with Crippen molar-refractivity contribution in [1.82, 2.24) is 10.6 Å². The fraction of sp³-hybridized carbons (Fsp3) is 0.720. The van der Waals surface area contributed by atoms with Crippen LogP contribution >= 0.6 is 0 Å². The summed E-state index contributed by atoms with van der Waals surface area (Å²) in [6, 6.07) is 8.38. The van der Waals surface area contributed by atoms with E-state index in [0.29, 0.717) is 11.3 Å². The summed E-state index contributed by atoms with van der Waals surface area (Å²) in [4.78, 5) is 7.47. The number of benzene rings is 1. The van der Waals surface area contributed by atoms with Crippen LogP contribution in [0.15, 0.2) is 29.3 Å². The second-order valence-corrected chi connectivity index (χ2v) is 9.03. The maximum Gasteiger partial charge on any atom is 0.191 e. The van der Waals surface area contributed by atoms with Crippen LogP contribution in [0.4, 0.5) is 5.69 Å². The third-order valence-corrected chi connectivity index (χ3v) is 6.82. The summed E-state index contributed by atoms with van der Waals surface area (Å²) in [5, 5.41) is 7.07. The van der Waals surface area contributed by atoms with Crippen LogP contribution in [0.1, 0.15) is 52.4 Å². The first kappa shape index (κ1) is 23.7. The Morgan fingerprint density at radius 1 is 1.23 bits per heavy atom. The number of nitrogens with zero attached hydrogens (tertiary/aromatic N) is 2. The van der Waals surface area contributed by atoms with E-state index in [1.54, 1.807) is 7.11 Å².